The van der Waals surface area contributed by atoms with E-state index in [0.717, 1.165) is 41.0 Å². The molecule has 190 valence electrons. The van der Waals surface area contributed by atoms with Crippen LogP contribution >= 0.6 is 11.3 Å². The largest absolute Gasteiger partial charge is 0.478 e. The van der Waals surface area contributed by atoms with Crippen molar-refractivity contribution in [1.82, 2.24) is 4.98 Å². The number of aromatic carboxylic acids is 1. The summed E-state index contributed by atoms with van der Waals surface area (Å²) in [7, 11) is 0. The number of carbonyl (C=O) groups is 3. The van der Waals surface area contributed by atoms with Crippen LogP contribution in [0.5, 0.6) is 0 Å². The van der Waals surface area contributed by atoms with Gasteiger partial charge in [-0.25, -0.2) is 14.6 Å². The molecule has 2 amide bonds. The van der Waals surface area contributed by atoms with Crippen molar-refractivity contribution in [3.8, 4) is 0 Å². The number of aryl methyl sites for hydroxylation is 4. The lowest BCUT2D eigenvalue weighted by atomic mass is 10.0. The number of carboxylic acid groups (broad SMARTS) is 1. The van der Waals surface area contributed by atoms with Gasteiger partial charge >= 0.3 is 12.1 Å². The van der Waals surface area contributed by atoms with Gasteiger partial charge in [0.1, 0.15) is 5.60 Å². The Kier molecular flexibility index (Phi) is 8.82. The number of nitrogens with zero attached hydrogens (tertiary/aromatic N) is 1. The molecule has 0 fully saturated rings. The standard InChI is InChI=1S/C27H31N3O5S/c1-17(31)28-25-30-22(23(36-25)16-10-18-5-11-20(12-6-18)24(32)33)15-9-19-7-13-21(14-8-19)29-26(34)35-27(2,3)4/h5-8,11-14H,9-10,15-16H2,1-4H3,(H,29,34)(H,32,33)(H,28,30,31). The molecule has 9 heteroatoms. The minimum Gasteiger partial charge on any atom is -0.478 e. The number of amides is 2. The number of hydrogen-bond donors (Lipinski definition) is 3. The van der Waals surface area contributed by atoms with Crippen LogP contribution in [-0.4, -0.2) is 33.7 Å². The van der Waals surface area contributed by atoms with Crippen LogP contribution in [0.3, 0.4) is 0 Å². The third kappa shape index (κ3) is 8.49. The molecule has 0 aliphatic heterocycles. The van der Waals surface area contributed by atoms with E-state index >= 15 is 0 Å². The van der Waals surface area contributed by atoms with Crippen LogP contribution in [0.2, 0.25) is 0 Å². The van der Waals surface area contributed by atoms with E-state index in [2.05, 4.69) is 15.6 Å². The molecule has 0 aliphatic rings. The molecule has 3 aromatic rings. The SMILES string of the molecule is CC(=O)Nc1nc(CCc2ccc(NC(=O)OC(C)(C)C)cc2)c(CCc2ccc(C(=O)O)cc2)s1. The van der Waals surface area contributed by atoms with Gasteiger partial charge in [-0.3, -0.25) is 10.1 Å². The molecule has 1 aromatic heterocycles. The van der Waals surface area contributed by atoms with Gasteiger partial charge in [0.15, 0.2) is 5.13 Å². The van der Waals surface area contributed by atoms with Crippen molar-refractivity contribution in [3.63, 3.8) is 0 Å². The van der Waals surface area contributed by atoms with Gasteiger partial charge < -0.3 is 15.2 Å². The van der Waals surface area contributed by atoms with Crippen LogP contribution in [0, 0.1) is 0 Å². The first-order valence-electron chi connectivity index (χ1n) is 11.7. The van der Waals surface area contributed by atoms with Crippen LogP contribution in [0.15, 0.2) is 48.5 Å². The highest BCUT2D eigenvalue weighted by molar-refractivity contribution is 7.15. The average Bonchev–Trinajstić information content (AvgIpc) is 3.16. The number of aromatic nitrogens is 1. The Balaban J connectivity index is 1.64. The zero-order valence-corrected chi connectivity index (χ0v) is 21.7. The molecule has 0 radical (unpaired) electrons. The second kappa shape index (κ2) is 11.8. The summed E-state index contributed by atoms with van der Waals surface area (Å²) in [5, 5.41) is 15.2. The number of anilines is 2. The highest BCUT2D eigenvalue weighted by Gasteiger charge is 2.16. The molecule has 3 rings (SSSR count). The van der Waals surface area contributed by atoms with Gasteiger partial charge in [0.2, 0.25) is 5.91 Å². The summed E-state index contributed by atoms with van der Waals surface area (Å²) < 4.78 is 5.28. The van der Waals surface area contributed by atoms with Crippen molar-refractivity contribution in [2.24, 2.45) is 0 Å². The number of benzene rings is 2. The van der Waals surface area contributed by atoms with E-state index in [-0.39, 0.29) is 11.5 Å². The first-order chi connectivity index (χ1) is 17.0. The van der Waals surface area contributed by atoms with Crippen molar-refractivity contribution in [2.45, 2.75) is 59.0 Å². The molecule has 0 saturated heterocycles. The predicted molar refractivity (Wildman–Crippen MR) is 141 cm³/mol. The van der Waals surface area contributed by atoms with E-state index in [9.17, 15) is 14.4 Å². The Morgan fingerprint density at radius 1 is 0.889 bits per heavy atom. The van der Waals surface area contributed by atoms with E-state index in [1.54, 1.807) is 12.1 Å². The van der Waals surface area contributed by atoms with Crippen LogP contribution < -0.4 is 10.6 Å². The Morgan fingerprint density at radius 3 is 2.03 bits per heavy atom. The van der Waals surface area contributed by atoms with Crippen LogP contribution in [0.25, 0.3) is 0 Å². The fourth-order valence-corrected chi connectivity index (χ4v) is 4.54. The number of carbonyl (C=O) groups excluding carboxylic acids is 2. The first-order valence-corrected chi connectivity index (χ1v) is 12.5. The molecule has 0 aliphatic carbocycles. The summed E-state index contributed by atoms with van der Waals surface area (Å²) in [6.45, 7) is 6.90. The molecule has 1 heterocycles. The highest BCUT2D eigenvalue weighted by atomic mass is 32.1. The lowest BCUT2D eigenvalue weighted by Gasteiger charge is -2.19. The molecular formula is C27H31N3O5S. The second-order valence-electron chi connectivity index (χ2n) is 9.40. The van der Waals surface area contributed by atoms with Gasteiger partial charge in [-0.2, -0.15) is 0 Å². The number of carboxylic acids is 1. The second-order valence-corrected chi connectivity index (χ2v) is 10.5. The number of hydrogen-bond acceptors (Lipinski definition) is 6. The topological polar surface area (TPSA) is 118 Å². The van der Waals surface area contributed by atoms with Gasteiger partial charge in [0, 0.05) is 17.5 Å². The number of rotatable bonds is 9. The maximum absolute atomic E-state index is 12.0. The van der Waals surface area contributed by atoms with Crippen molar-refractivity contribution in [2.75, 3.05) is 10.6 Å². The Labute approximate surface area is 214 Å². The fraction of sp³-hybridized carbons (Fsp3) is 0.333. The summed E-state index contributed by atoms with van der Waals surface area (Å²) >= 11 is 1.47. The van der Waals surface area contributed by atoms with Crippen LogP contribution in [0.4, 0.5) is 15.6 Å². The van der Waals surface area contributed by atoms with Crippen molar-refractivity contribution < 1.29 is 24.2 Å². The third-order valence-corrected chi connectivity index (χ3v) is 6.23. The summed E-state index contributed by atoms with van der Waals surface area (Å²) in [6.07, 6.45) is 2.42. The molecule has 36 heavy (non-hydrogen) atoms. The van der Waals surface area contributed by atoms with E-state index < -0.39 is 17.7 Å². The zero-order valence-electron chi connectivity index (χ0n) is 20.9. The predicted octanol–water partition coefficient (Wildman–Crippen LogP) is 5.72. The van der Waals surface area contributed by atoms with Crippen molar-refractivity contribution >= 4 is 40.1 Å². The van der Waals surface area contributed by atoms with Gasteiger partial charge in [0.05, 0.1) is 11.3 Å². The smallest absolute Gasteiger partial charge is 0.412 e. The summed E-state index contributed by atoms with van der Waals surface area (Å²) in [6, 6.07) is 14.5. The summed E-state index contributed by atoms with van der Waals surface area (Å²) in [5.41, 5.74) is 3.42. The first kappa shape index (κ1) is 26.9. The molecular weight excluding hydrogens is 478 g/mol. The minimum absolute atomic E-state index is 0.167. The monoisotopic (exact) mass is 509 g/mol. The van der Waals surface area contributed by atoms with E-state index in [4.69, 9.17) is 9.84 Å². The quantitative estimate of drug-likeness (QED) is 0.340. The van der Waals surface area contributed by atoms with Gasteiger partial charge in [0.25, 0.3) is 0 Å². The number of thiazole rings is 1. The Hall–Kier alpha value is -3.72. The lowest BCUT2D eigenvalue weighted by Crippen LogP contribution is -2.27. The van der Waals surface area contributed by atoms with E-state index in [0.29, 0.717) is 17.2 Å². The lowest BCUT2D eigenvalue weighted by molar-refractivity contribution is -0.114. The minimum atomic E-state index is -0.945. The molecule has 3 N–H and O–H groups in total. The molecule has 8 nitrogen and oxygen atoms in total. The molecule has 0 unspecified atom stereocenters. The molecule has 2 aromatic carbocycles. The Bertz CT molecular complexity index is 1210. The van der Waals surface area contributed by atoms with Gasteiger partial charge in [-0.15, -0.1) is 11.3 Å². The van der Waals surface area contributed by atoms with E-state index in [1.807, 2.05) is 57.2 Å². The van der Waals surface area contributed by atoms with Crippen molar-refractivity contribution in [1.29, 1.82) is 0 Å². The van der Waals surface area contributed by atoms with Gasteiger partial charge in [-0.05, 0) is 81.8 Å². The van der Waals surface area contributed by atoms with Crippen molar-refractivity contribution in [3.05, 3.63) is 75.8 Å². The molecule has 0 saturated carbocycles. The maximum Gasteiger partial charge on any atom is 0.412 e. The Morgan fingerprint density at radius 2 is 1.47 bits per heavy atom. The van der Waals surface area contributed by atoms with Gasteiger partial charge in [-0.1, -0.05) is 24.3 Å². The number of ether oxygens (including phenoxy) is 1. The fourth-order valence-electron chi connectivity index (χ4n) is 3.49. The zero-order chi connectivity index (χ0) is 26.3. The van der Waals surface area contributed by atoms with E-state index in [1.165, 1.54) is 18.3 Å². The molecule has 0 atom stereocenters. The third-order valence-electron chi connectivity index (χ3n) is 5.15. The average molecular weight is 510 g/mol. The summed E-state index contributed by atoms with van der Waals surface area (Å²) in [5.74, 6) is -1.11. The maximum atomic E-state index is 12.0. The normalized spacial score (nSPS) is 11.1. The number of nitrogens with one attached hydrogen (secondary N) is 2. The molecule has 0 bridgehead atoms. The van der Waals surface area contributed by atoms with Crippen LogP contribution in [0.1, 0.15) is 59.8 Å². The highest BCUT2D eigenvalue weighted by Crippen LogP contribution is 2.26. The summed E-state index contributed by atoms with van der Waals surface area (Å²) in [4.78, 5) is 40.3. The molecule has 0 spiro atoms. The van der Waals surface area contributed by atoms with Crippen LogP contribution in [-0.2, 0) is 35.2 Å².